The Labute approximate surface area is 162 Å². The summed E-state index contributed by atoms with van der Waals surface area (Å²) in [5, 5.41) is 0. The van der Waals surface area contributed by atoms with Gasteiger partial charge in [-0.15, -0.1) is 0 Å². The maximum atomic E-state index is 2.69. The molecule has 1 saturated carbocycles. The van der Waals surface area contributed by atoms with Gasteiger partial charge in [-0.3, -0.25) is 0 Å². The second-order valence-corrected chi connectivity index (χ2v) is 10.7. The molecule has 1 heteroatoms. The standard InChI is InChI=1S/C25H41N/c1-6-14-26-15-9-10-20(13-16-26)22-11-7-8-12-23(22)21-17-24(2,3)19-25(4,5)18-21/h7-8,11-12,20-21H,6,9-10,13-19H2,1-5H3. The van der Waals surface area contributed by atoms with Gasteiger partial charge in [-0.2, -0.15) is 0 Å². The molecule has 1 aromatic rings. The lowest BCUT2D eigenvalue weighted by atomic mass is 9.59. The van der Waals surface area contributed by atoms with Gasteiger partial charge in [0.15, 0.2) is 0 Å². The number of nitrogens with zero attached hydrogens (tertiary/aromatic N) is 1. The third kappa shape index (κ3) is 4.91. The molecule has 146 valence electrons. The molecule has 3 rings (SSSR count). The summed E-state index contributed by atoms with van der Waals surface area (Å²) in [6.07, 6.45) is 9.42. The minimum absolute atomic E-state index is 0.459. The highest BCUT2D eigenvalue weighted by Gasteiger charge is 2.39. The van der Waals surface area contributed by atoms with Gasteiger partial charge in [0.25, 0.3) is 0 Å². The average Bonchev–Trinajstić information content (AvgIpc) is 2.78. The van der Waals surface area contributed by atoms with Crippen molar-refractivity contribution in [1.29, 1.82) is 0 Å². The Morgan fingerprint density at radius 3 is 2.12 bits per heavy atom. The van der Waals surface area contributed by atoms with Gasteiger partial charge in [0, 0.05) is 0 Å². The lowest BCUT2D eigenvalue weighted by Crippen LogP contribution is -2.33. The molecule has 1 aliphatic heterocycles. The van der Waals surface area contributed by atoms with Crippen molar-refractivity contribution in [3.63, 3.8) is 0 Å². The molecule has 0 N–H and O–H groups in total. The molecule has 1 nitrogen and oxygen atoms in total. The van der Waals surface area contributed by atoms with Gasteiger partial charge in [-0.25, -0.2) is 0 Å². The first-order valence-corrected chi connectivity index (χ1v) is 11.1. The lowest BCUT2D eigenvalue weighted by Gasteiger charge is -2.46. The molecular formula is C25H41N. The summed E-state index contributed by atoms with van der Waals surface area (Å²) >= 11 is 0. The zero-order chi connectivity index (χ0) is 18.8. The predicted octanol–water partition coefficient (Wildman–Crippen LogP) is 6.99. The zero-order valence-electron chi connectivity index (χ0n) is 18.0. The van der Waals surface area contributed by atoms with Crippen LogP contribution in [0.3, 0.4) is 0 Å². The summed E-state index contributed by atoms with van der Waals surface area (Å²) in [6, 6.07) is 9.50. The fourth-order valence-electron chi connectivity index (χ4n) is 6.33. The highest BCUT2D eigenvalue weighted by molar-refractivity contribution is 5.34. The van der Waals surface area contributed by atoms with E-state index in [9.17, 15) is 0 Å². The van der Waals surface area contributed by atoms with Crippen LogP contribution in [0.15, 0.2) is 24.3 Å². The zero-order valence-corrected chi connectivity index (χ0v) is 18.0. The van der Waals surface area contributed by atoms with Crippen molar-refractivity contribution in [3.8, 4) is 0 Å². The normalized spacial score (nSPS) is 27.2. The topological polar surface area (TPSA) is 3.24 Å². The minimum Gasteiger partial charge on any atom is -0.303 e. The van der Waals surface area contributed by atoms with Crippen LogP contribution >= 0.6 is 0 Å². The maximum Gasteiger partial charge on any atom is -0.00129 e. The maximum absolute atomic E-state index is 2.69. The van der Waals surface area contributed by atoms with Crippen LogP contribution in [-0.2, 0) is 0 Å². The van der Waals surface area contributed by atoms with E-state index in [4.69, 9.17) is 0 Å². The Balaban J connectivity index is 1.82. The fourth-order valence-corrected chi connectivity index (χ4v) is 6.33. The van der Waals surface area contributed by atoms with Gasteiger partial charge in [0.1, 0.15) is 0 Å². The van der Waals surface area contributed by atoms with E-state index < -0.39 is 0 Å². The van der Waals surface area contributed by atoms with Crippen LogP contribution in [0.1, 0.15) is 103 Å². The summed E-state index contributed by atoms with van der Waals surface area (Å²) in [5.74, 6) is 1.50. The van der Waals surface area contributed by atoms with Crippen LogP contribution < -0.4 is 0 Å². The van der Waals surface area contributed by atoms with Crippen molar-refractivity contribution in [1.82, 2.24) is 4.90 Å². The number of rotatable bonds is 4. The SMILES string of the molecule is CCCN1CCCC(c2ccccc2C2CC(C)(C)CC(C)(C)C2)CC1. The first kappa shape index (κ1) is 19.9. The first-order valence-electron chi connectivity index (χ1n) is 11.1. The van der Waals surface area contributed by atoms with Crippen molar-refractivity contribution in [2.24, 2.45) is 10.8 Å². The van der Waals surface area contributed by atoms with E-state index in [2.05, 4.69) is 63.8 Å². The highest BCUT2D eigenvalue weighted by Crippen LogP contribution is 2.52. The van der Waals surface area contributed by atoms with Crippen LogP contribution in [-0.4, -0.2) is 24.5 Å². The molecule has 26 heavy (non-hydrogen) atoms. The molecule has 1 saturated heterocycles. The Morgan fingerprint density at radius 2 is 1.50 bits per heavy atom. The van der Waals surface area contributed by atoms with E-state index in [0.717, 1.165) is 11.8 Å². The fraction of sp³-hybridized carbons (Fsp3) is 0.760. The van der Waals surface area contributed by atoms with Gasteiger partial charge in [-0.1, -0.05) is 58.9 Å². The Kier molecular flexibility index (Phi) is 6.17. The Morgan fingerprint density at radius 1 is 0.885 bits per heavy atom. The van der Waals surface area contributed by atoms with Crippen molar-refractivity contribution in [2.45, 2.75) is 91.4 Å². The molecule has 0 amide bonds. The smallest absolute Gasteiger partial charge is 0.00129 e. The molecule has 0 aromatic heterocycles. The largest absolute Gasteiger partial charge is 0.303 e. The number of benzene rings is 1. The number of hydrogen-bond donors (Lipinski definition) is 0. The monoisotopic (exact) mass is 355 g/mol. The molecule has 1 unspecified atom stereocenters. The van der Waals surface area contributed by atoms with E-state index in [0.29, 0.717) is 10.8 Å². The summed E-state index contributed by atoms with van der Waals surface area (Å²) in [5.41, 5.74) is 4.29. The van der Waals surface area contributed by atoms with Crippen LogP contribution in [0, 0.1) is 10.8 Å². The molecule has 1 aliphatic carbocycles. The van der Waals surface area contributed by atoms with Crippen LogP contribution in [0.2, 0.25) is 0 Å². The predicted molar refractivity (Wildman–Crippen MR) is 114 cm³/mol. The van der Waals surface area contributed by atoms with Crippen molar-refractivity contribution >= 4 is 0 Å². The van der Waals surface area contributed by atoms with Crippen LogP contribution in [0.25, 0.3) is 0 Å². The highest BCUT2D eigenvalue weighted by atomic mass is 15.1. The number of likely N-dealkylation sites (tertiary alicyclic amines) is 1. The van der Waals surface area contributed by atoms with Gasteiger partial charge in [0.05, 0.1) is 0 Å². The van der Waals surface area contributed by atoms with E-state index in [1.54, 1.807) is 11.1 Å². The lowest BCUT2D eigenvalue weighted by molar-refractivity contribution is 0.0964. The summed E-state index contributed by atoms with van der Waals surface area (Å²) in [7, 11) is 0. The van der Waals surface area contributed by atoms with Gasteiger partial charge in [0.2, 0.25) is 0 Å². The van der Waals surface area contributed by atoms with E-state index in [1.807, 2.05) is 0 Å². The summed E-state index contributed by atoms with van der Waals surface area (Å²) in [6.45, 7) is 16.1. The molecular weight excluding hydrogens is 314 g/mol. The molecule has 1 aromatic carbocycles. The minimum atomic E-state index is 0.459. The van der Waals surface area contributed by atoms with E-state index >= 15 is 0 Å². The third-order valence-electron chi connectivity index (χ3n) is 6.79. The van der Waals surface area contributed by atoms with Crippen LogP contribution in [0.5, 0.6) is 0 Å². The first-order chi connectivity index (χ1) is 12.3. The Hall–Kier alpha value is -0.820. The molecule has 0 spiro atoms. The number of hydrogen-bond acceptors (Lipinski definition) is 1. The molecule has 1 heterocycles. The third-order valence-corrected chi connectivity index (χ3v) is 6.79. The molecule has 1 atom stereocenters. The van der Waals surface area contributed by atoms with Crippen LogP contribution in [0.4, 0.5) is 0 Å². The summed E-state index contributed by atoms with van der Waals surface area (Å²) in [4.78, 5) is 2.69. The van der Waals surface area contributed by atoms with E-state index in [-0.39, 0.29) is 0 Å². The molecule has 0 bridgehead atoms. The van der Waals surface area contributed by atoms with Gasteiger partial charge < -0.3 is 4.90 Å². The van der Waals surface area contributed by atoms with Crippen molar-refractivity contribution < 1.29 is 0 Å². The van der Waals surface area contributed by atoms with E-state index in [1.165, 1.54) is 64.6 Å². The van der Waals surface area contributed by atoms with Crippen molar-refractivity contribution in [3.05, 3.63) is 35.4 Å². The Bertz CT molecular complexity index is 570. The average molecular weight is 356 g/mol. The summed E-state index contributed by atoms with van der Waals surface area (Å²) < 4.78 is 0. The van der Waals surface area contributed by atoms with Crippen molar-refractivity contribution in [2.75, 3.05) is 19.6 Å². The quantitative estimate of drug-likeness (QED) is 0.563. The molecule has 0 radical (unpaired) electrons. The second kappa shape index (κ2) is 8.05. The van der Waals surface area contributed by atoms with Gasteiger partial charge >= 0.3 is 0 Å². The molecule has 2 aliphatic rings. The second-order valence-electron chi connectivity index (χ2n) is 10.7. The van der Waals surface area contributed by atoms with Gasteiger partial charge in [-0.05, 0) is 98.4 Å². The molecule has 2 fully saturated rings.